The van der Waals surface area contributed by atoms with Crippen molar-refractivity contribution < 1.29 is 18.7 Å². The number of methoxy groups -OCH3 is 1. The quantitative estimate of drug-likeness (QED) is 0.639. The highest BCUT2D eigenvalue weighted by Crippen LogP contribution is 2.20. The van der Waals surface area contributed by atoms with Gasteiger partial charge in [0.1, 0.15) is 23.7 Å². The Morgan fingerprint density at radius 3 is 2.57 bits per heavy atom. The number of carbonyl (C=O) groups excluding carboxylic acids is 2. The largest absolute Gasteiger partial charge is 0.465 e. The summed E-state index contributed by atoms with van der Waals surface area (Å²) in [7, 11) is 1.30. The minimum absolute atomic E-state index is 0.148. The van der Waals surface area contributed by atoms with Crippen LogP contribution < -0.4 is 10.6 Å². The van der Waals surface area contributed by atoms with E-state index >= 15 is 0 Å². The summed E-state index contributed by atoms with van der Waals surface area (Å²) in [5.74, 6) is -0.891. The van der Waals surface area contributed by atoms with Crippen molar-refractivity contribution in [2.45, 2.75) is 6.54 Å². The zero-order valence-electron chi connectivity index (χ0n) is 15.0. The number of aromatic nitrogens is 2. The molecule has 0 saturated heterocycles. The average Bonchev–Trinajstić information content (AvgIpc) is 2.73. The van der Waals surface area contributed by atoms with Gasteiger partial charge in [-0.3, -0.25) is 4.79 Å². The number of nitrogens with one attached hydrogen (secondary N) is 2. The summed E-state index contributed by atoms with van der Waals surface area (Å²) in [5.41, 5.74) is 1.74. The molecule has 0 fully saturated rings. The van der Waals surface area contributed by atoms with Crippen molar-refractivity contribution in [3.8, 4) is 0 Å². The summed E-state index contributed by atoms with van der Waals surface area (Å²) in [4.78, 5) is 32.2. The second-order valence-corrected chi connectivity index (χ2v) is 5.76. The second-order valence-electron chi connectivity index (χ2n) is 5.76. The van der Waals surface area contributed by atoms with Crippen LogP contribution in [0.3, 0.4) is 0 Å². The summed E-state index contributed by atoms with van der Waals surface area (Å²) < 4.78 is 17.7. The van der Waals surface area contributed by atoms with E-state index < -0.39 is 11.9 Å². The number of anilines is 2. The number of carbonyl (C=O) groups is 2. The molecule has 28 heavy (non-hydrogen) atoms. The van der Waals surface area contributed by atoms with E-state index in [1.54, 1.807) is 36.4 Å². The molecule has 3 aromatic rings. The molecular formula is C20H17FN4O3. The van der Waals surface area contributed by atoms with Crippen molar-refractivity contribution >= 4 is 23.4 Å². The number of esters is 1. The molecule has 7 nitrogen and oxygen atoms in total. The highest BCUT2D eigenvalue weighted by molar-refractivity contribution is 5.97. The van der Waals surface area contributed by atoms with Gasteiger partial charge in [-0.1, -0.05) is 24.3 Å². The van der Waals surface area contributed by atoms with Gasteiger partial charge in [-0.15, -0.1) is 0 Å². The molecule has 2 aromatic carbocycles. The predicted molar refractivity (Wildman–Crippen MR) is 101 cm³/mol. The van der Waals surface area contributed by atoms with Crippen molar-refractivity contribution in [3.63, 3.8) is 0 Å². The Bertz CT molecular complexity index is 993. The number of rotatable bonds is 6. The van der Waals surface area contributed by atoms with Crippen LogP contribution in [0.4, 0.5) is 15.9 Å². The number of nitrogens with zero attached hydrogens (tertiary/aromatic N) is 2. The van der Waals surface area contributed by atoms with Crippen LogP contribution in [0.5, 0.6) is 0 Å². The van der Waals surface area contributed by atoms with Crippen LogP contribution in [0.1, 0.15) is 26.4 Å². The summed E-state index contributed by atoms with van der Waals surface area (Å²) in [6, 6.07) is 14.1. The number of para-hydroxylation sites is 1. The number of halogens is 1. The van der Waals surface area contributed by atoms with Gasteiger partial charge in [0.05, 0.1) is 18.4 Å². The fourth-order valence-corrected chi connectivity index (χ4v) is 2.44. The molecule has 1 heterocycles. The van der Waals surface area contributed by atoms with Gasteiger partial charge in [0.15, 0.2) is 0 Å². The first-order chi connectivity index (χ1) is 13.6. The van der Waals surface area contributed by atoms with Gasteiger partial charge in [0.25, 0.3) is 5.91 Å². The second kappa shape index (κ2) is 8.72. The summed E-state index contributed by atoms with van der Waals surface area (Å²) in [6.07, 6.45) is 1.25. The van der Waals surface area contributed by atoms with Crippen LogP contribution in [0.2, 0.25) is 0 Å². The highest BCUT2D eigenvalue weighted by Gasteiger charge is 2.13. The van der Waals surface area contributed by atoms with E-state index in [4.69, 9.17) is 4.74 Å². The lowest BCUT2D eigenvalue weighted by Gasteiger charge is -2.10. The van der Waals surface area contributed by atoms with Gasteiger partial charge in [-0.05, 0) is 29.8 Å². The van der Waals surface area contributed by atoms with Crippen molar-refractivity contribution in [3.05, 3.63) is 83.6 Å². The van der Waals surface area contributed by atoms with E-state index in [1.165, 1.54) is 31.6 Å². The number of amides is 1. The number of ether oxygens (including phenoxy) is 1. The lowest BCUT2D eigenvalue weighted by atomic mass is 10.2. The van der Waals surface area contributed by atoms with Crippen LogP contribution in [0.15, 0.2) is 60.9 Å². The van der Waals surface area contributed by atoms with E-state index in [0.29, 0.717) is 17.1 Å². The summed E-state index contributed by atoms with van der Waals surface area (Å²) in [5, 5.41) is 5.70. The normalized spacial score (nSPS) is 10.2. The predicted octanol–water partition coefficient (Wildman–Crippen LogP) is 3.08. The molecule has 8 heteroatoms. The van der Waals surface area contributed by atoms with E-state index in [2.05, 4.69) is 20.6 Å². The molecule has 0 saturated carbocycles. The highest BCUT2D eigenvalue weighted by atomic mass is 19.1. The average molecular weight is 380 g/mol. The molecule has 0 radical (unpaired) electrons. The molecule has 1 aromatic heterocycles. The van der Waals surface area contributed by atoms with Crippen molar-refractivity contribution in [2.24, 2.45) is 0 Å². The molecule has 0 aliphatic rings. The SMILES string of the molecule is COC(=O)c1ccccc1Nc1cc(C(=O)NCc2ccc(F)cc2)ncn1. The first-order valence-corrected chi connectivity index (χ1v) is 8.36. The Balaban J connectivity index is 1.71. The molecule has 0 atom stereocenters. The lowest BCUT2D eigenvalue weighted by Crippen LogP contribution is -2.24. The molecule has 0 spiro atoms. The lowest BCUT2D eigenvalue weighted by molar-refractivity contribution is 0.0601. The van der Waals surface area contributed by atoms with Gasteiger partial charge >= 0.3 is 5.97 Å². The van der Waals surface area contributed by atoms with Crippen LogP contribution in [0.25, 0.3) is 0 Å². The fraction of sp³-hybridized carbons (Fsp3) is 0.100. The standard InChI is InChI=1S/C20H17FN4O3/c1-28-20(27)15-4-2-3-5-16(15)25-18-10-17(23-12-24-18)19(26)22-11-13-6-8-14(21)9-7-13/h2-10,12H,11H2,1H3,(H,22,26)(H,23,24,25). The topological polar surface area (TPSA) is 93.2 Å². The van der Waals surface area contributed by atoms with Crippen LogP contribution in [-0.4, -0.2) is 29.0 Å². The smallest absolute Gasteiger partial charge is 0.339 e. The third kappa shape index (κ3) is 4.67. The van der Waals surface area contributed by atoms with Crippen LogP contribution in [-0.2, 0) is 11.3 Å². The number of hydrogen-bond acceptors (Lipinski definition) is 6. The van der Waals surface area contributed by atoms with Crippen molar-refractivity contribution in [1.82, 2.24) is 15.3 Å². The maximum absolute atomic E-state index is 12.9. The van der Waals surface area contributed by atoms with Gasteiger partial charge in [-0.25, -0.2) is 19.2 Å². The molecule has 3 rings (SSSR count). The Hall–Kier alpha value is -3.81. The molecule has 142 valence electrons. The van der Waals surface area contributed by atoms with Gasteiger partial charge in [0.2, 0.25) is 0 Å². The molecular weight excluding hydrogens is 363 g/mol. The first kappa shape index (κ1) is 19.0. The monoisotopic (exact) mass is 380 g/mol. The van der Waals surface area contributed by atoms with Crippen molar-refractivity contribution in [2.75, 3.05) is 12.4 Å². The molecule has 0 aliphatic heterocycles. The molecule has 0 aliphatic carbocycles. The Labute approximate surface area is 160 Å². The van der Waals surface area contributed by atoms with Gasteiger partial charge in [-0.2, -0.15) is 0 Å². The van der Waals surface area contributed by atoms with Gasteiger partial charge in [0, 0.05) is 12.6 Å². The maximum Gasteiger partial charge on any atom is 0.339 e. The molecule has 0 bridgehead atoms. The fourth-order valence-electron chi connectivity index (χ4n) is 2.44. The number of hydrogen-bond donors (Lipinski definition) is 2. The third-order valence-corrected chi connectivity index (χ3v) is 3.86. The van der Waals surface area contributed by atoms with Crippen LogP contribution in [0, 0.1) is 5.82 Å². The zero-order valence-corrected chi connectivity index (χ0v) is 15.0. The maximum atomic E-state index is 12.9. The Morgan fingerprint density at radius 2 is 1.82 bits per heavy atom. The minimum atomic E-state index is -0.491. The van der Waals surface area contributed by atoms with Crippen molar-refractivity contribution in [1.29, 1.82) is 0 Å². The number of benzene rings is 2. The Morgan fingerprint density at radius 1 is 1.07 bits per heavy atom. The van der Waals surface area contributed by atoms with E-state index in [1.807, 2.05) is 0 Å². The molecule has 0 unspecified atom stereocenters. The summed E-state index contributed by atoms with van der Waals surface area (Å²) in [6.45, 7) is 0.233. The third-order valence-electron chi connectivity index (χ3n) is 3.86. The Kier molecular flexibility index (Phi) is 5.91. The van der Waals surface area contributed by atoms with Crippen LogP contribution >= 0.6 is 0 Å². The van der Waals surface area contributed by atoms with E-state index in [-0.39, 0.29) is 18.1 Å². The molecule has 1 amide bonds. The minimum Gasteiger partial charge on any atom is -0.465 e. The van der Waals surface area contributed by atoms with Gasteiger partial charge < -0.3 is 15.4 Å². The molecule has 2 N–H and O–H groups in total. The van der Waals surface area contributed by atoms with E-state index in [9.17, 15) is 14.0 Å². The first-order valence-electron chi connectivity index (χ1n) is 8.36. The zero-order chi connectivity index (χ0) is 19.9. The summed E-state index contributed by atoms with van der Waals surface area (Å²) >= 11 is 0. The van der Waals surface area contributed by atoms with E-state index in [0.717, 1.165) is 5.56 Å².